The van der Waals surface area contributed by atoms with Crippen LogP contribution in [0.25, 0.3) is 10.8 Å². The maximum absolute atomic E-state index is 13.1. The second-order valence-corrected chi connectivity index (χ2v) is 8.36. The quantitative estimate of drug-likeness (QED) is 0.458. The number of nitrogens with zero attached hydrogens (tertiary/aromatic N) is 2. The van der Waals surface area contributed by atoms with Gasteiger partial charge in [-0.15, -0.1) is 0 Å². The fourth-order valence-corrected chi connectivity index (χ4v) is 4.27. The van der Waals surface area contributed by atoms with Gasteiger partial charge >= 0.3 is 0 Å². The van der Waals surface area contributed by atoms with Gasteiger partial charge in [0.05, 0.1) is 17.0 Å². The Kier molecular flexibility index (Phi) is 6.18. The first-order valence-corrected chi connectivity index (χ1v) is 11.4. The van der Waals surface area contributed by atoms with Crippen molar-refractivity contribution in [1.29, 1.82) is 0 Å². The standard InChI is InChI=1S/C26H22ClN3O4/c27-21-14-18(15-22-24(21)34-13-12-33-22)10-11-28-25(31)23-19-8-4-5-9-20(19)26(32)30(29-23)16-17-6-2-1-3-7-17/h1-9,14-15H,10-13,16H2,(H,28,31). The van der Waals surface area contributed by atoms with Crippen LogP contribution in [0.2, 0.25) is 5.02 Å². The predicted octanol–water partition coefficient (Wildman–Crippen LogP) is 3.84. The van der Waals surface area contributed by atoms with E-state index in [1.165, 1.54) is 4.68 Å². The average Bonchev–Trinajstić information content (AvgIpc) is 2.86. The lowest BCUT2D eigenvalue weighted by molar-refractivity contribution is 0.0948. The number of hydrogen-bond donors (Lipinski definition) is 1. The summed E-state index contributed by atoms with van der Waals surface area (Å²) in [5.74, 6) is 0.819. The normalized spacial score (nSPS) is 12.5. The number of nitrogens with one attached hydrogen (secondary N) is 1. The van der Waals surface area contributed by atoms with Gasteiger partial charge in [-0.05, 0) is 35.7 Å². The van der Waals surface area contributed by atoms with E-state index in [0.29, 0.717) is 53.5 Å². The highest BCUT2D eigenvalue weighted by atomic mass is 35.5. The summed E-state index contributed by atoms with van der Waals surface area (Å²) in [7, 11) is 0. The van der Waals surface area contributed by atoms with Crippen molar-refractivity contribution in [1.82, 2.24) is 15.1 Å². The van der Waals surface area contributed by atoms with Crippen molar-refractivity contribution in [2.24, 2.45) is 0 Å². The van der Waals surface area contributed by atoms with Crippen LogP contribution in [0.15, 0.2) is 71.5 Å². The van der Waals surface area contributed by atoms with Gasteiger partial charge in [0.25, 0.3) is 11.5 Å². The number of amides is 1. The number of rotatable bonds is 6. The minimum Gasteiger partial charge on any atom is -0.486 e. The second-order valence-electron chi connectivity index (χ2n) is 7.95. The van der Waals surface area contributed by atoms with Gasteiger partial charge < -0.3 is 14.8 Å². The zero-order valence-corrected chi connectivity index (χ0v) is 19.0. The molecule has 0 unspecified atom stereocenters. The molecule has 1 amide bonds. The van der Waals surface area contributed by atoms with Crippen LogP contribution in [-0.2, 0) is 13.0 Å². The van der Waals surface area contributed by atoms with Gasteiger partial charge in [0.2, 0.25) is 0 Å². The van der Waals surface area contributed by atoms with Crippen LogP contribution in [0.4, 0.5) is 0 Å². The maximum Gasteiger partial charge on any atom is 0.274 e. The van der Waals surface area contributed by atoms with Crippen molar-refractivity contribution < 1.29 is 14.3 Å². The van der Waals surface area contributed by atoms with Gasteiger partial charge in [-0.25, -0.2) is 4.68 Å². The smallest absolute Gasteiger partial charge is 0.274 e. The number of carbonyl (C=O) groups is 1. The number of fused-ring (bicyclic) bond motifs is 2. The monoisotopic (exact) mass is 475 g/mol. The van der Waals surface area contributed by atoms with Crippen LogP contribution in [0.3, 0.4) is 0 Å². The Bertz CT molecular complexity index is 1420. The summed E-state index contributed by atoms with van der Waals surface area (Å²) in [4.78, 5) is 26.1. The van der Waals surface area contributed by atoms with Crippen LogP contribution in [-0.4, -0.2) is 35.4 Å². The van der Waals surface area contributed by atoms with E-state index in [4.69, 9.17) is 21.1 Å². The van der Waals surface area contributed by atoms with E-state index >= 15 is 0 Å². The Morgan fingerprint density at radius 2 is 1.71 bits per heavy atom. The van der Waals surface area contributed by atoms with E-state index in [-0.39, 0.29) is 23.7 Å². The third kappa shape index (κ3) is 4.47. The number of halogens is 1. The van der Waals surface area contributed by atoms with E-state index in [2.05, 4.69) is 10.4 Å². The zero-order chi connectivity index (χ0) is 23.5. The second kappa shape index (κ2) is 9.57. The zero-order valence-electron chi connectivity index (χ0n) is 18.3. The van der Waals surface area contributed by atoms with E-state index in [0.717, 1.165) is 11.1 Å². The summed E-state index contributed by atoms with van der Waals surface area (Å²) in [5.41, 5.74) is 1.82. The fraction of sp³-hybridized carbons (Fsp3) is 0.192. The molecule has 4 aromatic rings. The lowest BCUT2D eigenvalue weighted by Crippen LogP contribution is -2.32. The van der Waals surface area contributed by atoms with Crippen LogP contribution < -0.4 is 20.3 Å². The van der Waals surface area contributed by atoms with Crippen molar-refractivity contribution in [2.45, 2.75) is 13.0 Å². The minimum atomic E-state index is -0.346. The molecule has 3 aromatic carbocycles. The van der Waals surface area contributed by atoms with Gasteiger partial charge in [0.1, 0.15) is 13.2 Å². The van der Waals surface area contributed by atoms with Gasteiger partial charge in [0, 0.05) is 11.9 Å². The largest absolute Gasteiger partial charge is 0.486 e. The molecule has 7 nitrogen and oxygen atoms in total. The van der Waals surface area contributed by atoms with Crippen molar-refractivity contribution >= 4 is 28.3 Å². The van der Waals surface area contributed by atoms with Crippen molar-refractivity contribution in [2.75, 3.05) is 19.8 Å². The topological polar surface area (TPSA) is 82.4 Å². The molecule has 172 valence electrons. The highest BCUT2D eigenvalue weighted by Crippen LogP contribution is 2.38. The Morgan fingerprint density at radius 1 is 0.971 bits per heavy atom. The molecule has 0 aliphatic carbocycles. The van der Waals surface area contributed by atoms with E-state index in [1.807, 2.05) is 42.5 Å². The summed E-state index contributed by atoms with van der Waals surface area (Å²) in [6.07, 6.45) is 0.545. The van der Waals surface area contributed by atoms with E-state index < -0.39 is 0 Å². The Hall–Kier alpha value is -3.84. The minimum absolute atomic E-state index is 0.214. The van der Waals surface area contributed by atoms with E-state index in [9.17, 15) is 9.59 Å². The van der Waals surface area contributed by atoms with Crippen molar-refractivity contribution in [3.8, 4) is 11.5 Å². The first-order valence-electron chi connectivity index (χ1n) is 11.0. The number of carbonyl (C=O) groups excluding carboxylic acids is 1. The molecule has 1 N–H and O–H groups in total. The molecule has 5 rings (SSSR count). The molecular weight excluding hydrogens is 454 g/mol. The highest BCUT2D eigenvalue weighted by molar-refractivity contribution is 6.32. The van der Waals surface area contributed by atoms with E-state index in [1.54, 1.807) is 24.3 Å². The van der Waals surface area contributed by atoms with Gasteiger partial charge in [-0.3, -0.25) is 9.59 Å². The number of ether oxygens (including phenoxy) is 2. The number of hydrogen-bond acceptors (Lipinski definition) is 5. The third-order valence-corrected chi connectivity index (χ3v) is 5.89. The predicted molar refractivity (Wildman–Crippen MR) is 130 cm³/mol. The maximum atomic E-state index is 13.1. The lowest BCUT2D eigenvalue weighted by Gasteiger charge is -2.20. The molecular formula is C26H22ClN3O4. The molecule has 0 spiro atoms. The summed E-state index contributed by atoms with van der Waals surface area (Å²) >= 11 is 6.31. The van der Waals surface area contributed by atoms with Gasteiger partial charge in [-0.1, -0.05) is 60.1 Å². The molecule has 0 fully saturated rings. The average molecular weight is 476 g/mol. The Balaban J connectivity index is 1.37. The first kappa shape index (κ1) is 22.0. The third-order valence-electron chi connectivity index (χ3n) is 5.61. The summed E-state index contributed by atoms with van der Waals surface area (Å²) < 4.78 is 12.5. The Morgan fingerprint density at radius 3 is 2.53 bits per heavy atom. The van der Waals surface area contributed by atoms with Crippen molar-refractivity contribution in [3.63, 3.8) is 0 Å². The molecule has 1 aliphatic heterocycles. The first-order chi connectivity index (χ1) is 16.6. The van der Waals surface area contributed by atoms with Crippen LogP contribution >= 0.6 is 11.6 Å². The molecule has 8 heteroatoms. The van der Waals surface area contributed by atoms with Crippen molar-refractivity contribution in [3.05, 3.63) is 98.9 Å². The van der Waals surface area contributed by atoms with Gasteiger partial charge in [-0.2, -0.15) is 5.10 Å². The SMILES string of the molecule is O=C(NCCc1cc(Cl)c2c(c1)OCCO2)c1nn(Cc2ccccc2)c(=O)c2ccccc12. The summed E-state index contributed by atoms with van der Waals surface area (Å²) in [6.45, 7) is 1.58. The van der Waals surface area contributed by atoms with Crippen LogP contribution in [0.1, 0.15) is 21.6 Å². The fourth-order valence-electron chi connectivity index (χ4n) is 3.98. The molecule has 0 saturated heterocycles. The lowest BCUT2D eigenvalue weighted by atomic mass is 10.1. The molecule has 1 aromatic heterocycles. The van der Waals surface area contributed by atoms with Crippen LogP contribution in [0.5, 0.6) is 11.5 Å². The molecule has 2 heterocycles. The number of benzene rings is 3. The molecule has 0 saturated carbocycles. The number of aromatic nitrogens is 2. The molecule has 0 atom stereocenters. The highest BCUT2D eigenvalue weighted by Gasteiger charge is 2.18. The molecule has 34 heavy (non-hydrogen) atoms. The molecule has 1 aliphatic rings. The molecule has 0 radical (unpaired) electrons. The van der Waals surface area contributed by atoms with Crippen LogP contribution in [0, 0.1) is 0 Å². The molecule has 0 bridgehead atoms. The summed E-state index contributed by atoms with van der Waals surface area (Å²) in [5, 5.41) is 8.81. The van der Waals surface area contributed by atoms with Gasteiger partial charge in [0.15, 0.2) is 17.2 Å². The Labute approximate surface area is 200 Å². The summed E-state index contributed by atoms with van der Waals surface area (Å²) in [6, 6.07) is 20.3.